The molecule has 2 nitrogen and oxygen atoms in total. The molecule has 19 heavy (non-hydrogen) atoms. The summed E-state index contributed by atoms with van der Waals surface area (Å²) in [5, 5.41) is 0. The Morgan fingerprint density at radius 1 is 1.21 bits per heavy atom. The van der Waals surface area contributed by atoms with E-state index in [1.165, 1.54) is 4.90 Å². The van der Waals surface area contributed by atoms with E-state index >= 15 is 0 Å². The number of nitrogens with two attached hydrogens (primary N) is 1. The van der Waals surface area contributed by atoms with Crippen molar-refractivity contribution in [2.45, 2.75) is 39.0 Å². The molecule has 2 N–H and O–H groups in total. The summed E-state index contributed by atoms with van der Waals surface area (Å²) < 4.78 is 37.5. The molecule has 0 amide bonds. The van der Waals surface area contributed by atoms with E-state index in [1.807, 2.05) is 31.2 Å². The van der Waals surface area contributed by atoms with Crippen molar-refractivity contribution in [3.8, 4) is 0 Å². The van der Waals surface area contributed by atoms with Gasteiger partial charge in [-0.2, -0.15) is 13.2 Å². The van der Waals surface area contributed by atoms with Crippen molar-refractivity contribution in [3.05, 3.63) is 35.4 Å². The number of hydrogen-bond acceptors (Lipinski definition) is 2. The van der Waals surface area contributed by atoms with E-state index in [2.05, 4.69) is 0 Å². The van der Waals surface area contributed by atoms with Crippen LogP contribution in [0.2, 0.25) is 0 Å². The van der Waals surface area contributed by atoms with E-state index in [0.29, 0.717) is 0 Å². The number of nitrogens with zero attached hydrogens (tertiary/aromatic N) is 1. The molecule has 108 valence electrons. The van der Waals surface area contributed by atoms with Gasteiger partial charge in [0.1, 0.15) is 0 Å². The van der Waals surface area contributed by atoms with Gasteiger partial charge in [-0.3, -0.25) is 4.90 Å². The summed E-state index contributed by atoms with van der Waals surface area (Å²) in [6, 6.07) is 6.92. The fourth-order valence-corrected chi connectivity index (χ4v) is 2.04. The highest BCUT2D eigenvalue weighted by Gasteiger charge is 2.32. The molecular formula is C14H21F3N2. The van der Waals surface area contributed by atoms with Crippen LogP contribution in [0.4, 0.5) is 13.2 Å². The molecule has 1 atom stereocenters. The van der Waals surface area contributed by atoms with Gasteiger partial charge in [-0.05, 0) is 31.9 Å². The van der Waals surface area contributed by atoms with Crippen LogP contribution >= 0.6 is 0 Å². The van der Waals surface area contributed by atoms with Crippen molar-refractivity contribution in [2.24, 2.45) is 5.73 Å². The Kier molecular flexibility index (Phi) is 5.38. The van der Waals surface area contributed by atoms with Crippen LogP contribution < -0.4 is 5.73 Å². The van der Waals surface area contributed by atoms with E-state index in [0.717, 1.165) is 11.1 Å². The van der Waals surface area contributed by atoms with Gasteiger partial charge in [-0.25, -0.2) is 0 Å². The van der Waals surface area contributed by atoms with Gasteiger partial charge in [0, 0.05) is 18.6 Å². The van der Waals surface area contributed by atoms with Gasteiger partial charge in [-0.1, -0.05) is 24.3 Å². The first-order chi connectivity index (χ1) is 8.70. The summed E-state index contributed by atoms with van der Waals surface area (Å²) in [4.78, 5) is 1.36. The second kappa shape index (κ2) is 6.39. The summed E-state index contributed by atoms with van der Waals surface area (Å²) >= 11 is 0. The van der Waals surface area contributed by atoms with Crippen molar-refractivity contribution < 1.29 is 13.2 Å². The summed E-state index contributed by atoms with van der Waals surface area (Å²) in [6.07, 6.45) is -4.20. The van der Waals surface area contributed by atoms with Crippen molar-refractivity contribution >= 4 is 0 Å². The van der Waals surface area contributed by atoms with Crippen molar-refractivity contribution in [1.29, 1.82) is 0 Å². The SMILES string of the molecule is Cc1ccccc1C(N)CN(CC(F)(F)F)C(C)C. The van der Waals surface area contributed by atoms with Crippen LogP contribution in [0, 0.1) is 6.92 Å². The van der Waals surface area contributed by atoms with Crippen molar-refractivity contribution in [2.75, 3.05) is 13.1 Å². The molecule has 0 aliphatic carbocycles. The Bertz CT molecular complexity index is 402. The molecule has 0 aliphatic rings. The molecule has 0 radical (unpaired) electrons. The zero-order valence-corrected chi connectivity index (χ0v) is 11.5. The van der Waals surface area contributed by atoms with Gasteiger partial charge in [0.2, 0.25) is 0 Å². The van der Waals surface area contributed by atoms with E-state index < -0.39 is 18.8 Å². The van der Waals surface area contributed by atoms with Crippen LogP contribution in [0.1, 0.15) is 31.0 Å². The van der Waals surface area contributed by atoms with Crippen LogP contribution in [0.5, 0.6) is 0 Å². The lowest BCUT2D eigenvalue weighted by atomic mass is 10.0. The van der Waals surface area contributed by atoms with E-state index in [1.54, 1.807) is 13.8 Å². The molecule has 0 fully saturated rings. The van der Waals surface area contributed by atoms with Crippen LogP contribution in [-0.2, 0) is 0 Å². The third-order valence-electron chi connectivity index (χ3n) is 3.13. The predicted octanol–water partition coefficient (Wildman–Crippen LogP) is 3.27. The monoisotopic (exact) mass is 274 g/mol. The fourth-order valence-electron chi connectivity index (χ4n) is 2.04. The highest BCUT2D eigenvalue weighted by molar-refractivity contribution is 5.28. The average Bonchev–Trinajstić information content (AvgIpc) is 2.26. The van der Waals surface area contributed by atoms with E-state index in [9.17, 15) is 13.2 Å². The minimum absolute atomic E-state index is 0.196. The lowest BCUT2D eigenvalue weighted by molar-refractivity contribution is -0.150. The summed E-state index contributed by atoms with van der Waals surface area (Å²) in [5.41, 5.74) is 7.95. The summed E-state index contributed by atoms with van der Waals surface area (Å²) in [6.45, 7) is 4.68. The largest absolute Gasteiger partial charge is 0.401 e. The van der Waals surface area contributed by atoms with Gasteiger partial charge in [0.15, 0.2) is 0 Å². The van der Waals surface area contributed by atoms with Gasteiger partial charge in [0.05, 0.1) is 6.54 Å². The zero-order chi connectivity index (χ0) is 14.6. The Hall–Kier alpha value is -1.07. The molecule has 0 aromatic heterocycles. The van der Waals surface area contributed by atoms with Gasteiger partial charge in [0.25, 0.3) is 0 Å². The first-order valence-corrected chi connectivity index (χ1v) is 6.32. The average molecular weight is 274 g/mol. The van der Waals surface area contributed by atoms with E-state index in [4.69, 9.17) is 5.73 Å². The third-order valence-corrected chi connectivity index (χ3v) is 3.13. The molecule has 0 saturated heterocycles. The van der Waals surface area contributed by atoms with Gasteiger partial charge < -0.3 is 5.73 Å². The second-order valence-electron chi connectivity index (χ2n) is 5.10. The lowest BCUT2D eigenvalue weighted by Crippen LogP contribution is -2.43. The molecular weight excluding hydrogens is 253 g/mol. The standard InChI is InChI=1S/C14H21F3N2/c1-10(2)19(9-14(15,16)17)8-13(18)12-7-5-4-6-11(12)3/h4-7,10,13H,8-9,18H2,1-3H3. The quantitative estimate of drug-likeness (QED) is 0.893. The Labute approximate surface area is 112 Å². The van der Waals surface area contributed by atoms with Crippen molar-refractivity contribution in [1.82, 2.24) is 4.90 Å². The zero-order valence-electron chi connectivity index (χ0n) is 11.5. The fraction of sp³-hybridized carbons (Fsp3) is 0.571. The van der Waals surface area contributed by atoms with Crippen LogP contribution in [0.25, 0.3) is 0 Å². The number of rotatable bonds is 5. The number of benzene rings is 1. The number of aryl methyl sites for hydroxylation is 1. The third kappa shape index (κ3) is 5.20. The Balaban J connectivity index is 2.77. The van der Waals surface area contributed by atoms with Crippen LogP contribution in [-0.4, -0.2) is 30.2 Å². The van der Waals surface area contributed by atoms with Crippen LogP contribution in [0.3, 0.4) is 0 Å². The molecule has 0 saturated carbocycles. The number of alkyl halides is 3. The molecule has 0 bridgehead atoms. The normalized spacial score (nSPS) is 14.2. The summed E-state index contributed by atoms with van der Waals surface area (Å²) in [5.74, 6) is 0. The minimum Gasteiger partial charge on any atom is -0.323 e. The molecule has 1 unspecified atom stereocenters. The van der Waals surface area contributed by atoms with Crippen molar-refractivity contribution in [3.63, 3.8) is 0 Å². The maximum atomic E-state index is 12.5. The number of hydrogen-bond donors (Lipinski definition) is 1. The topological polar surface area (TPSA) is 29.3 Å². The highest BCUT2D eigenvalue weighted by Crippen LogP contribution is 2.21. The van der Waals surface area contributed by atoms with E-state index in [-0.39, 0.29) is 12.6 Å². The lowest BCUT2D eigenvalue weighted by Gasteiger charge is -2.30. The predicted molar refractivity (Wildman–Crippen MR) is 70.9 cm³/mol. The molecule has 0 spiro atoms. The maximum absolute atomic E-state index is 12.5. The first kappa shape index (κ1) is 16.0. The maximum Gasteiger partial charge on any atom is 0.401 e. The van der Waals surface area contributed by atoms with Crippen LogP contribution in [0.15, 0.2) is 24.3 Å². The van der Waals surface area contributed by atoms with Gasteiger partial charge in [-0.15, -0.1) is 0 Å². The summed E-state index contributed by atoms with van der Waals surface area (Å²) in [7, 11) is 0. The molecule has 1 aromatic rings. The molecule has 1 aromatic carbocycles. The number of halogens is 3. The molecule has 0 aliphatic heterocycles. The Morgan fingerprint density at radius 3 is 2.26 bits per heavy atom. The smallest absolute Gasteiger partial charge is 0.323 e. The molecule has 1 rings (SSSR count). The second-order valence-corrected chi connectivity index (χ2v) is 5.10. The highest BCUT2D eigenvalue weighted by atomic mass is 19.4. The first-order valence-electron chi connectivity index (χ1n) is 6.32. The minimum atomic E-state index is -4.20. The van der Waals surface area contributed by atoms with Gasteiger partial charge >= 0.3 is 6.18 Å². The molecule has 0 heterocycles. The Morgan fingerprint density at radius 2 is 1.79 bits per heavy atom. The molecule has 5 heteroatoms.